The van der Waals surface area contributed by atoms with Crippen molar-refractivity contribution in [2.24, 2.45) is 5.92 Å². The molecular formula is C19H32O3. The van der Waals surface area contributed by atoms with Gasteiger partial charge in [0.1, 0.15) is 6.61 Å². The Hall–Kier alpha value is -1.35. The molecule has 1 unspecified atom stereocenters. The van der Waals surface area contributed by atoms with Crippen LogP contribution in [0.4, 0.5) is 0 Å². The maximum atomic E-state index is 11.4. The highest BCUT2D eigenvalue weighted by molar-refractivity contribution is 5.83. The van der Waals surface area contributed by atoms with Crippen molar-refractivity contribution < 1.29 is 14.3 Å². The molecule has 126 valence electrons. The molecule has 0 aliphatic heterocycles. The minimum absolute atomic E-state index is 0.0271. The van der Waals surface area contributed by atoms with Crippen molar-refractivity contribution in [1.29, 1.82) is 0 Å². The van der Waals surface area contributed by atoms with Crippen LogP contribution in [-0.4, -0.2) is 25.3 Å². The maximum absolute atomic E-state index is 11.4. The zero-order chi connectivity index (χ0) is 17.0. The molecule has 0 amide bonds. The number of carbonyl (C=O) groups is 1. The Kier molecular flexibility index (Phi) is 10.6. The van der Waals surface area contributed by atoms with Crippen LogP contribution in [0.5, 0.6) is 0 Å². The Morgan fingerprint density at radius 2 is 2.05 bits per heavy atom. The molecule has 0 radical (unpaired) electrons. The van der Waals surface area contributed by atoms with E-state index in [1.807, 2.05) is 13.0 Å². The third kappa shape index (κ3) is 11.3. The zero-order valence-corrected chi connectivity index (χ0v) is 14.9. The first-order valence-corrected chi connectivity index (χ1v) is 7.98. The van der Waals surface area contributed by atoms with Crippen molar-refractivity contribution in [2.45, 2.75) is 59.0 Å². The fourth-order valence-corrected chi connectivity index (χ4v) is 2.00. The van der Waals surface area contributed by atoms with Gasteiger partial charge in [0.2, 0.25) is 0 Å². The Morgan fingerprint density at radius 1 is 1.36 bits per heavy atom. The fraction of sp³-hybridized carbons (Fsp3) is 0.632. The van der Waals surface area contributed by atoms with Gasteiger partial charge in [-0.15, -0.1) is 0 Å². The topological polar surface area (TPSA) is 35.5 Å². The van der Waals surface area contributed by atoms with Gasteiger partial charge in [-0.1, -0.05) is 44.6 Å². The molecule has 0 aliphatic carbocycles. The first kappa shape index (κ1) is 20.6. The summed E-state index contributed by atoms with van der Waals surface area (Å²) in [4.78, 5) is 11.4. The lowest BCUT2D eigenvalue weighted by atomic mass is 9.95. The molecule has 1 atom stereocenters. The second-order valence-corrected chi connectivity index (χ2v) is 6.41. The molecule has 0 saturated heterocycles. The van der Waals surface area contributed by atoms with Gasteiger partial charge in [0.25, 0.3) is 0 Å². The normalized spacial score (nSPS) is 14.1. The molecule has 0 aromatic carbocycles. The van der Waals surface area contributed by atoms with Crippen LogP contribution in [0.15, 0.2) is 36.5 Å². The van der Waals surface area contributed by atoms with Crippen LogP contribution < -0.4 is 0 Å². The molecule has 0 rings (SSSR count). The van der Waals surface area contributed by atoms with Gasteiger partial charge in [0.15, 0.2) is 0 Å². The van der Waals surface area contributed by atoms with E-state index in [1.54, 1.807) is 13.2 Å². The van der Waals surface area contributed by atoms with Gasteiger partial charge >= 0.3 is 5.97 Å². The molecule has 0 fully saturated rings. The molecule has 22 heavy (non-hydrogen) atoms. The summed E-state index contributed by atoms with van der Waals surface area (Å²) in [6, 6.07) is 0. The molecule has 0 bridgehead atoms. The second-order valence-electron chi connectivity index (χ2n) is 6.41. The van der Waals surface area contributed by atoms with Crippen molar-refractivity contribution in [3.8, 4) is 0 Å². The van der Waals surface area contributed by atoms with Crippen LogP contribution in [0.25, 0.3) is 0 Å². The number of hydrogen-bond donors (Lipinski definition) is 0. The van der Waals surface area contributed by atoms with E-state index in [-0.39, 0.29) is 18.2 Å². The van der Waals surface area contributed by atoms with E-state index in [2.05, 4.69) is 33.4 Å². The van der Waals surface area contributed by atoms with Crippen LogP contribution in [0.3, 0.4) is 0 Å². The summed E-state index contributed by atoms with van der Waals surface area (Å²) in [5.41, 5.74) is 0.877. The number of esters is 1. The maximum Gasteiger partial charge on any atom is 0.331 e. The SMILES string of the molecule is C=CCOC(=O)/C=C(C)/C=C/CC(C)CCCC(C)(C)OC. The number of rotatable bonds is 11. The minimum Gasteiger partial charge on any atom is -0.458 e. The molecule has 3 heteroatoms. The monoisotopic (exact) mass is 308 g/mol. The summed E-state index contributed by atoms with van der Waals surface area (Å²) in [6.07, 6.45) is 11.6. The molecule has 0 aromatic heterocycles. The second kappa shape index (κ2) is 11.2. The molecule has 3 nitrogen and oxygen atoms in total. The molecule has 0 aliphatic rings. The van der Waals surface area contributed by atoms with E-state index >= 15 is 0 Å². The van der Waals surface area contributed by atoms with Gasteiger partial charge in [0.05, 0.1) is 5.60 Å². The zero-order valence-electron chi connectivity index (χ0n) is 14.9. The van der Waals surface area contributed by atoms with Crippen LogP contribution >= 0.6 is 0 Å². The van der Waals surface area contributed by atoms with Gasteiger partial charge < -0.3 is 9.47 Å². The van der Waals surface area contributed by atoms with Crippen molar-refractivity contribution in [3.63, 3.8) is 0 Å². The van der Waals surface area contributed by atoms with Gasteiger partial charge in [0, 0.05) is 13.2 Å². The van der Waals surface area contributed by atoms with E-state index in [4.69, 9.17) is 9.47 Å². The molecule has 0 N–H and O–H groups in total. The molecule has 0 spiro atoms. The molecule has 0 saturated carbocycles. The Bertz CT molecular complexity index is 391. The molecular weight excluding hydrogens is 276 g/mol. The molecule has 0 heterocycles. The third-order valence-electron chi connectivity index (χ3n) is 3.64. The average molecular weight is 308 g/mol. The quantitative estimate of drug-likeness (QED) is 0.237. The number of hydrogen-bond acceptors (Lipinski definition) is 3. The van der Waals surface area contributed by atoms with Crippen LogP contribution in [0, 0.1) is 5.92 Å². The Balaban J connectivity index is 4.02. The Labute approximate surface area is 136 Å². The number of carbonyl (C=O) groups excluding carboxylic acids is 1. The van der Waals surface area contributed by atoms with E-state index in [0.29, 0.717) is 5.92 Å². The van der Waals surface area contributed by atoms with E-state index in [9.17, 15) is 4.79 Å². The largest absolute Gasteiger partial charge is 0.458 e. The third-order valence-corrected chi connectivity index (χ3v) is 3.64. The first-order chi connectivity index (χ1) is 10.3. The summed E-state index contributed by atoms with van der Waals surface area (Å²) >= 11 is 0. The smallest absolute Gasteiger partial charge is 0.331 e. The van der Waals surface area contributed by atoms with E-state index in [0.717, 1.165) is 18.4 Å². The van der Waals surface area contributed by atoms with Crippen LogP contribution in [-0.2, 0) is 14.3 Å². The van der Waals surface area contributed by atoms with Crippen molar-refractivity contribution in [2.75, 3.05) is 13.7 Å². The summed E-state index contributed by atoms with van der Waals surface area (Å²) in [6.45, 7) is 12.2. The highest BCUT2D eigenvalue weighted by Gasteiger charge is 2.15. The summed E-state index contributed by atoms with van der Waals surface area (Å²) in [5.74, 6) is 0.307. The fourth-order valence-electron chi connectivity index (χ4n) is 2.00. The predicted molar refractivity (Wildman–Crippen MR) is 92.8 cm³/mol. The molecule has 0 aromatic rings. The van der Waals surface area contributed by atoms with E-state index in [1.165, 1.54) is 18.9 Å². The van der Waals surface area contributed by atoms with Gasteiger partial charge in [-0.2, -0.15) is 0 Å². The Morgan fingerprint density at radius 3 is 2.64 bits per heavy atom. The highest BCUT2D eigenvalue weighted by atomic mass is 16.5. The van der Waals surface area contributed by atoms with Gasteiger partial charge in [-0.05, 0) is 45.1 Å². The van der Waals surface area contributed by atoms with Crippen molar-refractivity contribution >= 4 is 5.97 Å². The predicted octanol–water partition coefficient (Wildman–Crippen LogP) is 4.84. The lowest BCUT2D eigenvalue weighted by molar-refractivity contribution is -0.136. The minimum atomic E-state index is -0.322. The average Bonchev–Trinajstić information content (AvgIpc) is 2.44. The van der Waals surface area contributed by atoms with Crippen LogP contribution in [0.1, 0.15) is 53.4 Å². The standard InChI is InChI=1S/C19H32O3/c1-7-14-22-18(20)15-17(3)11-8-10-16(2)12-9-13-19(4,5)21-6/h7-8,11,15-16H,1,9-10,12-14H2,2-6H3/b11-8+,17-15+. The van der Waals surface area contributed by atoms with Crippen molar-refractivity contribution in [3.05, 3.63) is 36.5 Å². The highest BCUT2D eigenvalue weighted by Crippen LogP contribution is 2.20. The van der Waals surface area contributed by atoms with Gasteiger partial charge in [-0.3, -0.25) is 0 Å². The summed E-state index contributed by atoms with van der Waals surface area (Å²) in [5, 5.41) is 0. The van der Waals surface area contributed by atoms with Gasteiger partial charge in [-0.25, -0.2) is 4.79 Å². The van der Waals surface area contributed by atoms with Crippen molar-refractivity contribution in [1.82, 2.24) is 0 Å². The van der Waals surface area contributed by atoms with Crippen LogP contribution in [0.2, 0.25) is 0 Å². The number of methoxy groups -OCH3 is 1. The lowest BCUT2D eigenvalue weighted by Crippen LogP contribution is -2.22. The van der Waals surface area contributed by atoms with E-state index < -0.39 is 0 Å². The lowest BCUT2D eigenvalue weighted by Gasteiger charge is -2.23. The number of ether oxygens (including phenoxy) is 2. The number of allylic oxidation sites excluding steroid dienone is 3. The summed E-state index contributed by atoms with van der Waals surface area (Å²) in [7, 11) is 1.77. The first-order valence-electron chi connectivity index (χ1n) is 7.98. The summed E-state index contributed by atoms with van der Waals surface area (Å²) < 4.78 is 10.3.